The van der Waals surface area contributed by atoms with Crippen LogP contribution in [0.4, 0.5) is 11.4 Å². The molecule has 0 aromatic heterocycles. The number of anilines is 2. The maximum absolute atomic E-state index is 9.53. The highest BCUT2D eigenvalue weighted by Crippen LogP contribution is 2.28. The fourth-order valence-electron chi connectivity index (χ4n) is 2.08. The van der Waals surface area contributed by atoms with Crippen LogP contribution < -0.4 is 10.2 Å². The molecule has 1 atom stereocenters. The van der Waals surface area contributed by atoms with Gasteiger partial charge in [-0.1, -0.05) is 6.07 Å². The fraction of sp³-hybridized carbons (Fsp3) is 0.250. The summed E-state index contributed by atoms with van der Waals surface area (Å²) >= 11 is 0. The van der Waals surface area contributed by atoms with E-state index < -0.39 is 0 Å². The third kappa shape index (κ3) is 3.35. The molecule has 0 aliphatic rings. The molecule has 0 bridgehead atoms. The number of nitrogens with one attached hydrogen (secondary N) is 1. The minimum Gasteiger partial charge on any atom is -0.508 e. The van der Waals surface area contributed by atoms with Gasteiger partial charge in [0.15, 0.2) is 0 Å². The standard InChI is InChI=1S/C16H20N2O2/c1-11(12-7-15(19)10-16(20)8-12)17-13-5-4-6-14(9-13)18(2)3/h4-11,17,19-20H,1-3H3. The highest BCUT2D eigenvalue weighted by atomic mass is 16.3. The fourth-order valence-corrected chi connectivity index (χ4v) is 2.08. The summed E-state index contributed by atoms with van der Waals surface area (Å²) in [5, 5.41) is 22.4. The van der Waals surface area contributed by atoms with Gasteiger partial charge in [0.2, 0.25) is 0 Å². The summed E-state index contributed by atoms with van der Waals surface area (Å²) in [6.07, 6.45) is 0. The normalized spacial score (nSPS) is 11.9. The number of aromatic hydroxyl groups is 2. The molecular formula is C16H20N2O2. The molecule has 0 aliphatic carbocycles. The molecule has 0 radical (unpaired) electrons. The second-order valence-corrected chi connectivity index (χ2v) is 5.09. The Balaban J connectivity index is 2.18. The summed E-state index contributed by atoms with van der Waals surface area (Å²) in [5.41, 5.74) is 2.94. The molecule has 0 saturated heterocycles. The van der Waals surface area contributed by atoms with Gasteiger partial charge >= 0.3 is 0 Å². The zero-order chi connectivity index (χ0) is 14.7. The van der Waals surface area contributed by atoms with Crippen molar-refractivity contribution in [2.24, 2.45) is 0 Å². The first-order chi connectivity index (χ1) is 9.45. The second kappa shape index (κ2) is 5.74. The number of hydrogen-bond acceptors (Lipinski definition) is 4. The molecule has 3 N–H and O–H groups in total. The van der Waals surface area contributed by atoms with Crippen molar-refractivity contribution >= 4 is 11.4 Å². The van der Waals surface area contributed by atoms with Crippen molar-refractivity contribution in [1.29, 1.82) is 0 Å². The first-order valence-corrected chi connectivity index (χ1v) is 6.52. The van der Waals surface area contributed by atoms with Crippen molar-refractivity contribution < 1.29 is 10.2 Å². The van der Waals surface area contributed by atoms with Crippen LogP contribution in [-0.4, -0.2) is 24.3 Å². The van der Waals surface area contributed by atoms with Crippen molar-refractivity contribution in [2.45, 2.75) is 13.0 Å². The van der Waals surface area contributed by atoms with Crippen LogP contribution in [0.15, 0.2) is 42.5 Å². The first-order valence-electron chi connectivity index (χ1n) is 6.52. The summed E-state index contributed by atoms with van der Waals surface area (Å²) in [6.45, 7) is 1.98. The van der Waals surface area contributed by atoms with Crippen molar-refractivity contribution in [1.82, 2.24) is 0 Å². The van der Waals surface area contributed by atoms with Gasteiger partial charge in [0.1, 0.15) is 11.5 Å². The van der Waals surface area contributed by atoms with Crippen LogP contribution >= 0.6 is 0 Å². The second-order valence-electron chi connectivity index (χ2n) is 5.09. The average Bonchev–Trinajstić information content (AvgIpc) is 2.37. The smallest absolute Gasteiger partial charge is 0.119 e. The number of hydrogen-bond donors (Lipinski definition) is 3. The van der Waals surface area contributed by atoms with Gasteiger partial charge in [-0.05, 0) is 42.8 Å². The molecule has 4 nitrogen and oxygen atoms in total. The van der Waals surface area contributed by atoms with E-state index in [1.54, 1.807) is 12.1 Å². The highest BCUT2D eigenvalue weighted by molar-refractivity contribution is 5.58. The summed E-state index contributed by atoms with van der Waals surface area (Å²) < 4.78 is 0. The molecule has 0 heterocycles. The lowest BCUT2D eigenvalue weighted by Gasteiger charge is -2.19. The van der Waals surface area contributed by atoms with Gasteiger partial charge in [0.25, 0.3) is 0 Å². The summed E-state index contributed by atoms with van der Waals surface area (Å²) in [5.74, 6) is 0.131. The number of nitrogens with zero attached hydrogens (tertiary/aromatic N) is 1. The number of phenolic OH excluding ortho intramolecular Hbond substituents is 2. The molecule has 0 spiro atoms. The highest BCUT2D eigenvalue weighted by Gasteiger charge is 2.08. The summed E-state index contributed by atoms with van der Waals surface area (Å²) in [6, 6.07) is 12.7. The Morgan fingerprint density at radius 1 is 1.00 bits per heavy atom. The number of rotatable bonds is 4. The summed E-state index contributed by atoms with van der Waals surface area (Å²) in [7, 11) is 3.99. The molecular weight excluding hydrogens is 252 g/mol. The average molecular weight is 272 g/mol. The third-order valence-corrected chi connectivity index (χ3v) is 3.17. The van der Waals surface area contributed by atoms with E-state index >= 15 is 0 Å². The van der Waals surface area contributed by atoms with Gasteiger partial charge in [-0.3, -0.25) is 0 Å². The zero-order valence-electron chi connectivity index (χ0n) is 12.0. The van der Waals surface area contributed by atoms with Crippen molar-refractivity contribution in [3.63, 3.8) is 0 Å². The van der Waals surface area contributed by atoms with Crippen molar-refractivity contribution in [3.05, 3.63) is 48.0 Å². The van der Waals surface area contributed by atoms with E-state index in [2.05, 4.69) is 11.4 Å². The molecule has 0 fully saturated rings. The molecule has 106 valence electrons. The van der Waals surface area contributed by atoms with Gasteiger partial charge in [-0.2, -0.15) is 0 Å². The lowest BCUT2D eigenvalue weighted by Crippen LogP contribution is -2.10. The van der Waals surface area contributed by atoms with E-state index in [0.717, 1.165) is 16.9 Å². The van der Waals surface area contributed by atoms with E-state index in [0.29, 0.717) is 0 Å². The molecule has 1 unspecified atom stereocenters. The predicted octanol–water partition coefficient (Wildman–Crippen LogP) is 3.34. The first kappa shape index (κ1) is 14.1. The van der Waals surface area contributed by atoms with Crippen LogP contribution in [0.1, 0.15) is 18.5 Å². The van der Waals surface area contributed by atoms with E-state index in [1.165, 1.54) is 6.07 Å². The molecule has 20 heavy (non-hydrogen) atoms. The van der Waals surface area contributed by atoms with Crippen LogP contribution in [0.2, 0.25) is 0 Å². The van der Waals surface area contributed by atoms with E-state index in [4.69, 9.17) is 0 Å². The number of phenols is 2. The Morgan fingerprint density at radius 2 is 1.65 bits per heavy atom. The van der Waals surface area contributed by atoms with Crippen molar-refractivity contribution in [3.8, 4) is 11.5 Å². The Morgan fingerprint density at radius 3 is 2.25 bits per heavy atom. The van der Waals surface area contributed by atoms with E-state index in [9.17, 15) is 10.2 Å². The topological polar surface area (TPSA) is 55.7 Å². The largest absolute Gasteiger partial charge is 0.508 e. The SMILES string of the molecule is CC(Nc1cccc(N(C)C)c1)c1cc(O)cc(O)c1. The minimum absolute atomic E-state index is 0.0228. The Bertz CT molecular complexity index is 577. The lowest BCUT2D eigenvalue weighted by molar-refractivity contribution is 0.448. The molecule has 0 aliphatic heterocycles. The van der Waals surface area contributed by atoms with Gasteiger partial charge < -0.3 is 20.4 Å². The maximum atomic E-state index is 9.53. The van der Waals surface area contributed by atoms with Crippen LogP contribution in [-0.2, 0) is 0 Å². The molecule has 2 aromatic carbocycles. The van der Waals surface area contributed by atoms with Crippen LogP contribution in [0.25, 0.3) is 0 Å². The van der Waals surface area contributed by atoms with Crippen LogP contribution in [0, 0.1) is 0 Å². The van der Waals surface area contributed by atoms with E-state index in [1.807, 2.05) is 44.1 Å². The number of benzene rings is 2. The van der Waals surface area contributed by atoms with Crippen molar-refractivity contribution in [2.75, 3.05) is 24.3 Å². The van der Waals surface area contributed by atoms with Gasteiger partial charge in [-0.25, -0.2) is 0 Å². The monoisotopic (exact) mass is 272 g/mol. The minimum atomic E-state index is -0.0228. The third-order valence-electron chi connectivity index (χ3n) is 3.17. The summed E-state index contributed by atoms with van der Waals surface area (Å²) in [4.78, 5) is 2.04. The quantitative estimate of drug-likeness (QED) is 0.799. The van der Waals surface area contributed by atoms with Crippen LogP contribution in [0.3, 0.4) is 0 Å². The van der Waals surface area contributed by atoms with Gasteiger partial charge in [-0.15, -0.1) is 0 Å². The van der Waals surface area contributed by atoms with E-state index in [-0.39, 0.29) is 17.5 Å². The molecule has 0 saturated carbocycles. The molecule has 2 aromatic rings. The Labute approximate surface area is 119 Å². The molecule has 2 rings (SSSR count). The van der Waals surface area contributed by atoms with Crippen LogP contribution in [0.5, 0.6) is 11.5 Å². The maximum Gasteiger partial charge on any atom is 0.119 e. The van der Waals surface area contributed by atoms with Gasteiger partial charge in [0, 0.05) is 37.6 Å². The van der Waals surface area contributed by atoms with Gasteiger partial charge in [0.05, 0.1) is 0 Å². The Kier molecular flexibility index (Phi) is 4.03. The predicted molar refractivity (Wildman–Crippen MR) is 82.6 cm³/mol. The zero-order valence-corrected chi connectivity index (χ0v) is 12.0. The lowest BCUT2D eigenvalue weighted by atomic mass is 10.1. The molecule has 4 heteroatoms. The molecule has 0 amide bonds. The Hall–Kier alpha value is -2.36.